The van der Waals surface area contributed by atoms with E-state index in [0.29, 0.717) is 5.92 Å². The van der Waals surface area contributed by atoms with Crippen LogP contribution in [-0.2, 0) is 18.0 Å². The summed E-state index contributed by atoms with van der Waals surface area (Å²) in [6, 6.07) is 0.895. The van der Waals surface area contributed by atoms with Crippen LogP contribution in [0.25, 0.3) is 0 Å². The first-order chi connectivity index (χ1) is 18.6. The molecule has 1 N–H and O–H groups in total. The Morgan fingerprint density at radius 1 is 0.579 bits per heavy atom. The Morgan fingerprint density at radius 2 is 1.03 bits per heavy atom. The zero-order valence-electron chi connectivity index (χ0n) is 26.0. The molecule has 0 heterocycles. The Balaban J connectivity index is 2.74. The van der Waals surface area contributed by atoms with Gasteiger partial charge in [-0.2, -0.15) is 0 Å². The van der Waals surface area contributed by atoms with Gasteiger partial charge in [-0.15, -0.1) is 0 Å². The van der Waals surface area contributed by atoms with Crippen LogP contribution in [0, 0.1) is 5.92 Å². The molecule has 1 aliphatic carbocycles. The average molecular weight is 559 g/mol. The summed E-state index contributed by atoms with van der Waals surface area (Å²) in [6.45, 7) is 12.0. The van der Waals surface area contributed by atoms with Crippen LogP contribution in [0.2, 0.25) is 6.04 Å². The van der Waals surface area contributed by atoms with Gasteiger partial charge in [0, 0.05) is 32.5 Å². The minimum absolute atomic E-state index is 0.0219. The smallest absolute Gasteiger partial charge is 0.390 e. The van der Waals surface area contributed by atoms with Crippen LogP contribution in [0.5, 0.6) is 0 Å². The summed E-state index contributed by atoms with van der Waals surface area (Å²) >= 11 is 0. The largest absolute Gasteiger partial charge is 0.500 e. The maximum Gasteiger partial charge on any atom is 0.500 e. The second-order valence-corrected chi connectivity index (χ2v) is 14.4. The number of ether oxygens (including phenoxy) is 1. The Hall–Kier alpha value is 0.0169. The second-order valence-electron chi connectivity index (χ2n) is 11.7. The van der Waals surface area contributed by atoms with E-state index in [9.17, 15) is 5.11 Å². The van der Waals surface area contributed by atoms with Crippen LogP contribution >= 0.6 is 0 Å². The van der Waals surface area contributed by atoms with Crippen molar-refractivity contribution in [2.24, 2.45) is 5.92 Å². The van der Waals surface area contributed by atoms with Gasteiger partial charge in [0.25, 0.3) is 0 Å². The first kappa shape index (κ1) is 36.0. The van der Waals surface area contributed by atoms with Gasteiger partial charge in [0.2, 0.25) is 0 Å². The zero-order valence-corrected chi connectivity index (χ0v) is 27.0. The molecule has 0 bridgehead atoms. The van der Waals surface area contributed by atoms with Gasteiger partial charge < -0.3 is 23.1 Å². The molecule has 3 atom stereocenters. The molecule has 6 heteroatoms. The lowest BCUT2D eigenvalue weighted by molar-refractivity contribution is -0.0728. The van der Waals surface area contributed by atoms with Crippen molar-refractivity contribution in [3.05, 3.63) is 0 Å². The molecule has 0 saturated heterocycles. The lowest BCUT2D eigenvalue weighted by Crippen LogP contribution is -2.47. The summed E-state index contributed by atoms with van der Waals surface area (Å²) in [5.74, 6) is 0.544. The van der Waals surface area contributed by atoms with Gasteiger partial charge in [0.1, 0.15) is 0 Å². The molecular weight excluding hydrogens is 492 g/mol. The molecular formula is C32H66O5Si. The molecule has 0 aliphatic heterocycles. The first-order valence-electron chi connectivity index (χ1n) is 16.8. The van der Waals surface area contributed by atoms with Crippen LogP contribution in [-0.4, -0.2) is 52.5 Å². The van der Waals surface area contributed by atoms with E-state index in [0.717, 1.165) is 83.8 Å². The van der Waals surface area contributed by atoms with E-state index >= 15 is 0 Å². The normalized spacial score (nSPS) is 20.3. The highest BCUT2D eigenvalue weighted by molar-refractivity contribution is 6.60. The van der Waals surface area contributed by atoms with Gasteiger partial charge in [-0.3, -0.25) is 0 Å². The van der Waals surface area contributed by atoms with Crippen LogP contribution in [0.15, 0.2) is 0 Å². The lowest BCUT2D eigenvalue weighted by Gasteiger charge is -2.35. The van der Waals surface area contributed by atoms with Crippen molar-refractivity contribution in [1.82, 2.24) is 0 Å². The van der Waals surface area contributed by atoms with Crippen molar-refractivity contribution in [2.75, 3.05) is 26.4 Å². The molecule has 0 aromatic heterocycles. The quantitative estimate of drug-likeness (QED) is 0.0804. The standard InChI is InChI=1S/C32H66O5Si/c1-5-9-13-17-24-34-32-29-30(21-22-31(32)33)23-28-38(35-25-18-14-10-6-2,36-26-19-15-11-7-3)37-27-20-16-12-8-4/h30-33H,5-29H2,1-4H3. The Kier molecular flexibility index (Phi) is 23.5. The Morgan fingerprint density at radius 3 is 1.47 bits per heavy atom. The SMILES string of the molecule is CCCCCCOC1CC(CC[Si](OCCCCCC)(OCCCCCC)OCCCCCC)CCC1O. The fraction of sp³-hybridized carbons (Fsp3) is 1.00. The zero-order chi connectivity index (χ0) is 27.7. The average Bonchev–Trinajstić information content (AvgIpc) is 2.92. The number of aliphatic hydroxyl groups excluding tert-OH is 1. The van der Waals surface area contributed by atoms with Gasteiger partial charge in [-0.05, 0) is 57.3 Å². The highest BCUT2D eigenvalue weighted by atomic mass is 28.4. The van der Waals surface area contributed by atoms with E-state index in [1.54, 1.807) is 0 Å². The van der Waals surface area contributed by atoms with Crippen molar-refractivity contribution in [3.8, 4) is 0 Å². The molecule has 0 radical (unpaired) electrons. The number of hydrogen-bond donors (Lipinski definition) is 1. The molecule has 38 heavy (non-hydrogen) atoms. The fourth-order valence-electron chi connectivity index (χ4n) is 5.39. The van der Waals surface area contributed by atoms with E-state index in [1.807, 2.05) is 0 Å². The highest BCUT2D eigenvalue weighted by Crippen LogP contribution is 2.33. The van der Waals surface area contributed by atoms with Crippen molar-refractivity contribution in [2.45, 2.75) is 174 Å². The number of hydrogen-bond acceptors (Lipinski definition) is 5. The number of unbranched alkanes of at least 4 members (excludes halogenated alkanes) is 12. The van der Waals surface area contributed by atoms with Crippen molar-refractivity contribution in [3.63, 3.8) is 0 Å². The van der Waals surface area contributed by atoms with E-state index < -0.39 is 8.80 Å². The molecule has 0 amide bonds. The molecule has 5 nitrogen and oxygen atoms in total. The molecule has 3 unspecified atom stereocenters. The summed E-state index contributed by atoms with van der Waals surface area (Å²) in [6.07, 6.45) is 22.8. The second kappa shape index (κ2) is 24.8. The van der Waals surface area contributed by atoms with Crippen LogP contribution < -0.4 is 0 Å². The van der Waals surface area contributed by atoms with E-state index in [4.69, 9.17) is 18.0 Å². The predicted molar refractivity (Wildman–Crippen MR) is 163 cm³/mol. The van der Waals surface area contributed by atoms with Gasteiger partial charge >= 0.3 is 8.80 Å². The number of rotatable bonds is 27. The number of aliphatic hydroxyl groups is 1. The molecule has 0 spiro atoms. The molecule has 228 valence electrons. The third-order valence-corrected chi connectivity index (χ3v) is 10.8. The molecule has 1 aliphatic rings. The maximum absolute atomic E-state index is 10.6. The summed E-state index contributed by atoms with van der Waals surface area (Å²) in [5, 5.41) is 10.6. The van der Waals surface area contributed by atoms with Gasteiger partial charge in [-0.25, -0.2) is 0 Å². The third-order valence-electron chi connectivity index (χ3n) is 8.01. The lowest BCUT2D eigenvalue weighted by atomic mass is 9.84. The van der Waals surface area contributed by atoms with Crippen molar-refractivity contribution < 1.29 is 23.1 Å². The minimum Gasteiger partial charge on any atom is -0.390 e. The van der Waals surface area contributed by atoms with Crippen molar-refractivity contribution in [1.29, 1.82) is 0 Å². The van der Waals surface area contributed by atoms with E-state index in [1.165, 1.54) is 77.0 Å². The third kappa shape index (κ3) is 17.7. The summed E-state index contributed by atoms with van der Waals surface area (Å²) in [7, 11) is -2.74. The topological polar surface area (TPSA) is 57.2 Å². The van der Waals surface area contributed by atoms with E-state index in [-0.39, 0.29) is 12.2 Å². The van der Waals surface area contributed by atoms with Gasteiger partial charge in [0.05, 0.1) is 12.2 Å². The highest BCUT2D eigenvalue weighted by Gasteiger charge is 2.42. The molecule has 1 fully saturated rings. The van der Waals surface area contributed by atoms with Gasteiger partial charge in [-0.1, -0.05) is 105 Å². The van der Waals surface area contributed by atoms with Crippen LogP contribution in [0.4, 0.5) is 0 Å². The molecule has 1 saturated carbocycles. The Bertz CT molecular complexity index is 470. The molecule has 0 aromatic rings. The minimum atomic E-state index is -2.74. The first-order valence-corrected chi connectivity index (χ1v) is 18.7. The maximum atomic E-state index is 10.6. The molecule has 0 aromatic carbocycles. The molecule has 1 rings (SSSR count). The summed E-state index contributed by atoms with van der Waals surface area (Å²) in [5.41, 5.74) is 0. The summed E-state index contributed by atoms with van der Waals surface area (Å²) in [4.78, 5) is 0. The monoisotopic (exact) mass is 558 g/mol. The van der Waals surface area contributed by atoms with E-state index in [2.05, 4.69) is 27.7 Å². The van der Waals surface area contributed by atoms with Crippen molar-refractivity contribution >= 4 is 8.80 Å². The van der Waals surface area contributed by atoms with Crippen LogP contribution in [0.1, 0.15) is 156 Å². The predicted octanol–water partition coefficient (Wildman–Crippen LogP) is 9.23. The van der Waals surface area contributed by atoms with Gasteiger partial charge in [0.15, 0.2) is 0 Å². The Labute approximate surface area is 238 Å². The fourth-order valence-corrected chi connectivity index (χ4v) is 8.20. The summed E-state index contributed by atoms with van der Waals surface area (Å²) < 4.78 is 26.1. The van der Waals surface area contributed by atoms with Crippen LogP contribution in [0.3, 0.4) is 0 Å².